The molecule has 1 N–H and O–H groups in total. The molecule has 3 aromatic rings. The number of halogens is 1. The fourth-order valence-corrected chi connectivity index (χ4v) is 3.59. The third kappa shape index (κ3) is 3.19. The van der Waals surface area contributed by atoms with Gasteiger partial charge in [-0.05, 0) is 31.2 Å². The van der Waals surface area contributed by atoms with Crippen LogP contribution in [0.25, 0.3) is 10.2 Å². The summed E-state index contributed by atoms with van der Waals surface area (Å²) in [4.78, 5) is 4.69. The molecule has 0 aliphatic carbocycles. The van der Waals surface area contributed by atoms with Gasteiger partial charge in [0.2, 0.25) is 0 Å². The van der Waals surface area contributed by atoms with Crippen LogP contribution in [0.4, 0.5) is 5.69 Å². The fourth-order valence-electron chi connectivity index (χ4n) is 2.15. The molecule has 108 valence electrons. The first-order valence-corrected chi connectivity index (χ1v) is 8.23. The van der Waals surface area contributed by atoms with Crippen molar-refractivity contribution in [3.05, 3.63) is 51.9 Å². The van der Waals surface area contributed by atoms with Crippen molar-refractivity contribution in [3.8, 4) is 5.75 Å². The predicted octanol–water partition coefficient (Wildman–Crippen LogP) is 5.24. The lowest BCUT2D eigenvalue weighted by Gasteiger charge is -2.14. The first-order chi connectivity index (χ1) is 10.2. The third-order valence-corrected chi connectivity index (χ3v) is 4.85. The molecule has 0 aliphatic heterocycles. The quantitative estimate of drug-likeness (QED) is 0.688. The number of aromatic nitrogens is 1. The Morgan fingerprint density at radius 2 is 2.05 bits per heavy atom. The van der Waals surface area contributed by atoms with Crippen LogP contribution >= 0.6 is 27.3 Å². The number of para-hydroxylation sites is 1. The molecule has 0 saturated heterocycles. The SMILES string of the molecule is COc1cc(Br)cc(NC(C)c2nc3ccccc3s2)c1. The van der Waals surface area contributed by atoms with Crippen LogP contribution in [-0.4, -0.2) is 12.1 Å². The van der Waals surface area contributed by atoms with E-state index >= 15 is 0 Å². The summed E-state index contributed by atoms with van der Waals surface area (Å²) >= 11 is 5.22. The number of thiazole rings is 1. The van der Waals surface area contributed by atoms with E-state index in [0.717, 1.165) is 26.4 Å². The molecule has 1 aromatic heterocycles. The highest BCUT2D eigenvalue weighted by Gasteiger charge is 2.12. The summed E-state index contributed by atoms with van der Waals surface area (Å²) < 4.78 is 7.49. The highest BCUT2D eigenvalue weighted by atomic mass is 79.9. The van der Waals surface area contributed by atoms with Gasteiger partial charge in [-0.25, -0.2) is 4.98 Å². The van der Waals surface area contributed by atoms with E-state index in [4.69, 9.17) is 4.74 Å². The van der Waals surface area contributed by atoms with Crippen LogP contribution in [0.1, 0.15) is 18.0 Å². The van der Waals surface area contributed by atoms with Crippen molar-refractivity contribution in [2.45, 2.75) is 13.0 Å². The van der Waals surface area contributed by atoms with Gasteiger partial charge in [0.15, 0.2) is 0 Å². The van der Waals surface area contributed by atoms with Gasteiger partial charge in [-0.2, -0.15) is 0 Å². The maximum atomic E-state index is 5.29. The molecule has 0 bridgehead atoms. The van der Waals surface area contributed by atoms with Gasteiger partial charge in [0.05, 0.1) is 23.4 Å². The second-order valence-electron chi connectivity index (χ2n) is 4.77. The van der Waals surface area contributed by atoms with Crippen LogP contribution in [0.2, 0.25) is 0 Å². The van der Waals surface area contributed by atoms with Gasteiger partial charge in [-0.1, -0.05) is 28.1 Å². The molecular formula is C16H15BrN2OS. The molecule has 0 spiro atoms. The Hall–Kier alpha value is -1.59. The Kier molecular flexibility index (Phi) is 4.12. The lowest BCUT2D eigenvalue weighted by Crippen LogP contribution is -2.06. The average molecular weight is 363 g/mol. The summed E-state index contributed by atoms with van der Waals surface area (Å²) in [5.41, 5.74) is 2.06. The van der Waals surface area contributed by atoms with E-state index in [2.05, 4.69) is 39.2 Å². The van der Waals surface area contributed by atoms with Gasteiger partial charge in [-0.15, -0.1) is 11.3 Å². The summed E-state index contributed by atoms with van der Waals surface area (Å²) in [7, 11) is 1.67. The van der Waals surface area contributed by atoms with Crippen molar-refractivity contribution >= 4 is 43.2 Å². The normalized spacial score (nSPS) is 12.3. The molecule has 1 atom stereocenters. The van der Waals surface area contributed by atoms with Crippen molar-refractivity contribution in [1.29, 1.82) is 0 Å². The van der Waals surface area contributed by atoms with E-state index in [1.54, 1.807) is 18.4 Å². The molecule has 0 amide bonds. The molecule has 0 saturated carbocycles. The highest BCUT2D eigenvalue weighted by Crippen LogP contribution is 2.30. The summed E-state index contributed by atoms with van der Waals surface area (Å²) in [6.45, 7) is 2.12. The second kappa shape index (κ2) is 6.03. The fraction of sp³-hybridized carbons (Fsp3) is 0.188. The van der Waals surface area contributed by atoms with Crippen LogP contribution < -0.4 is 10.1 Å². The Morgan fingerprint density at radius 1 is 1.24 bits per heavy atom. The minimum atomic E-state index is 0.140. The maximum Gasteiger partial charge on any atom is 0.122 e. The van der Waals surface area contributed by atoms with E-state index in [1.807, 2.05) is 36.4 Å². The summed E-state index contributed by atoms with van der Waals surface area (Å²) in [5, 5.41) is 4.55. The lowest BCUT2D eigenvalue weighted by atomic mass is 10.2. The van der Waals surface area contributed by atoms with Gasteiger partial charge in [-0.3, -0.25) is 0 Å². The van der Waals surface area contributed by atoms with Crippen LogP contribution in [0.5, 0.6) is 5.75 Å². The Morgan fingerprint density at radius 3 is 2.81 bits per heavy atom. The molecule has 3 rings (SSSR count). The Bertz CT molecular complexity index is 739. The van der Waals surface area contributed by atoms with Crippen LogP contribution in [0, 0.1) is 0 Å². The number of fused-ring (bicyclic) bond motifs is 1. The molecule has 2 aromatic carbocycles. The average Bonchev–Trinajstić information content (AvgIpc) is 2.90. The molecular weight excluding hydrogens is 348 g/mol. The predicted molar refractivity (Wildman–Crippen MR) is 92.4 cm³/mol. The molecule has 21 heavy (non-hydrogen) atoms. The van der Waals surface area contributed by atoms with Crippen molar-refractivity contribution in [2.75, 3.05) is 12.4 Å². The van der Waals surface area contributed by atoms with E-state index in [9.17, 15) is 0 Å². The van der Waals surface area contributed by atoms with Crippen LogP contribution in [0.15, 0.2) is 46.9 Å². The first-order valence-electron chi connectivity index (χ1n) is 6.62. The number of methoxy groups -OCH3 is 1. The number of nitrogens with one attached hydrogen (secondary N) is 1. The molecule has 0 fully saturated rings. The summed E-state index contributed by atoms with van der Waals surface area (Å²) in [6, 6.07) is 14.3. The zero-order valence-corrected chi connectivity index (χ0v) is 14.2. The van der Waals surface area contributed by atoms with Crippen LogP contribution in [0.3, 0.4) is 0 Å². The van der Waals surface area contributed by atoms with Crippen molar-refractivity contribution in [3.63, 3.8) is 0 Å². The number of ether oxygens (including phenoxy) is 1. The molecule has 0 aliphatic rings. The first kappa shape index (κ1) is 14.4. The third-order valence-electron chi connectivity index (χ3n) is 3.17. The number of rotatable bonds is 4. The topological polar surface area (TPSA) is 34.1 Å². The van der Waals surface area contributed by atoms with Gasteiger partial charge in [0.25, 0.3) is 0 Å². The monoisotopic (exact) mass is 362 g/mol. The van der Waals surface area contributed by atoms with E-state index in [1.165, 1.54) is 4.70 Å². The van der Waals surface area contributed by atoms with E-state index in [0.29, 0.717) is 0 Å². The molecule has 1 heterocycles. The number of nitrogens with zero attached hydrogens (tertiary/aromatic N) is 1. The smallest absolute Gasteiger partial charge is 0.122 e. The zero-order valence-electron chi connectivity index (χ0n) is 11.8. The van der Waals surface area contributed by atoms with Crippen molar-refractivity contribution in [1.82, 2.24) is 4.98 Å². The molecule has 1 unspecified atom stereocenters. The second-order valence-corrected chi connectivity index (χ2v) is 6.74. The van der Waals surface area contributed by atoms with Crippen molar-refractivity contribution in [2.24, 2.45) is 0 Å². The molecule has 3 nitrogen and oxygen atoms in total. The Balaban J connectivity index is 1.85. The summed E-state index contributed by atoms with van der Waals surface area (Å²) in [5.74, 6) is 0.823. The minimum Gasteiger partial charge on any atom is -0.497 e. The van der Waals surface area contributed by atoms with Gasteiger partial charge >= 0.3 is 0 Å². The number of hydrogen-bond acceptors (Lipinski definition) is 4. The van der Waals surface area contributed by atoms with Crippen molar-refractivity contribution < 1.29 is 4.74 Å². The summed E-state index contributed by atoms with van der Waals surface area (Å²) in [6.07, 6.45) is 0. The molecule has 5 heteroatoms. The number of benzene rings is 2. The largest absolute Gasteiger partial charge is 0.497 e. The van der Waals surface area contributed by atoms with Gasteiger partial charge < -0.3 is 10.1 Å². The van der Waals surface area contributed by atoms with E-state index in [-0.39, 0.29) is 6.04 Å². The van der Waals surface area contributed by atoms with Gasteiger partial charge in [0.1, 0.15) is 10.8 Å². The maximum absolute atomic E-state index is 5.29. The number of hydrogen-bond donors (Lipinski definition) is 1. The van der Waals surface area contributed by atoms with E-state index < -0.39 is 0 Å². The number of anilines is 1. The minimum absolute atomic E-state index is 0.140. The zero-order chi connectivity index (χ0) is 14.8. The van der Waals surface area contributed by atoms with Crippen LogP contribution in [-0.2, 0) is 0 Å². The molecule has 0 radical (unpaired) electrons. The Labute approximate surface area is 136 Å². The standard InChI is InChI=1S/C16H15BrN2OS/c1-10(16-19-14-5-3-4-6-15(14)21-16)18-12-7-11(17)8-13(9-12)20-2/h3-10,18H,1-2H3. The highest BCUT2D eigenvalue weighted by molar-refractivity contribution is 9.10. The lowest BCUT2D eigenvalue weighted by molar-refractivity contribution is 0.414. The van der Waals surface area contributed by atoms with Gasteiger partial charge in [0, 0.05) is 16.2 Å².